The van der Waals surface area contributed by atoms with Crippen molar-refractivity contribution in [3.63, 3.8) is 0 Å². The maximum Gasteiger partial charge on any atom is 0.251 e. The summed E-state index contributed by atoms with van der Waals surface area (Å²) in [5, 5.41) is 3.17. The maximum atomic E-state index is 13.1. The number of carbonyl (C=O) groups is 1. The van der Waals surface area contributed by atoms with Gasteiger partial charge in [-0.05, 0) is 66.4 Å². The molecule has 1 amide bonds. The van der Waals surface area contributed by atoms with E-state index in [0.717, 1.165) is 48.7 Å². The van der Waals surface area contributed by atoms with Crippen LogP contribution in [0.25, 0.3) is 0 Å². The van der Waals surface area contributed by atoms with Crippen LogP contribution in [0.5, 0.6) is 0 Å². The van der Waals surface area contributed by atoms with Gasteiger partial charge < -0.3 is 5.32 Å². The Morgan fingerprint density at radius 2 is 1.77 bits per heavy atom. The van der Waals surface area contributed by atoms with Crippen molar-refractivity contribution in [3.8, 4) is 0 Å². The summed E-state index contributed by atoms with van der Waals surface area (Å²) >= 11 is 1.73. The molecule has 1 aliphatic heterocycles. The fourth-order valence-electron chi connectivity index (χ4n) is 3.70. The zero-order valence-corrected chi connectivity index (χ0v) is 18.2. The van der Waals surface area contributed by atoms with E-state index in [1.807, 2.05) is 48.7 Å². The highest BCUT2D eigenvalue weighted by molar-refractivity contribution is 7.98. The van der Waals surface area contributed by atoms with Gasteiger partial charge in [-0.25, -0.2) is 4.39 Å². The third kappa shape index (κ3) is 6.39. The SMILES string of the molecule is O=C(NC1CCN(Cc2ccc(F)cc2)CC1)c1ccc(SCc2cccnc2)cc1. The Kier molecular flexibility index (Phi) is 7.33. The van der Waals surface area contributed by atoms with Gasteiger partial charge >= 0.3 is 0 Å². The standard InChI is InChI=1S/C25H26FN3OS/c26-22-7-3-19(4-8-22)17-29-14-11-23(12-15-29)28-25(30)21-5-9-24(10-6-21)31-18-20-2-1-13-27-16-20/h1-10,13,16,23H,11-12,14-15,17-18H2,(H,28,30). The summed E-state index contributed by atoms with van der Waals surface area (Å²) in [6.07, 6.45) is 5.49. The van der Waals surface area contributed by atoms with Crippen LogP contribution < -0.4 is 5.32 Å². The molecule has 2 aromatic carbocycles. The van der Waals surface area contributed by atoms with Gasteiger partial charge in [0.15, 0.2) is 0 Å². The number of hydrogen-bond acceptors (Lipinski definition) is 4. The smallest absolute Gasteiger partial charge is 0.251 e. The average molecular weight is 436 g/mol. The monoisotopic (exact) mass is 435 g/mol. The van der Waals surface area contributed by atoms with E-state index in [4.69, 9.17) is 0 Å². The summed E-state index contributed by atoms with van der Waals surface area (Å²) in [7, 11) is 0. The summed E-state index contributed by atoms with van der Waals surface area (Å²) < 4.78 is 13.1. The topological polar surface area (TPSA) is 45.2 Å². The zero-order valence-electron chi connectivity index (χ0n) is 17.3. The van der Waals surface area contributed by atoms with Crippen LogP contribution in [0.1, 0.15) is 34.3 Å². The Balaban J connectivity index is 1.22. The van der Waals surface area contributed by atoms with Crippen molar-refractivity contribution < 1.29 is 9.18 Å². The molecule has 4 rings (SSSR count). The van der Waals surface area contributed by atoms with Gasteiger partial charge in [0.25, 0.3) is 5.91 Å². The van der Waals surface area contributed by atoms with Gasteiger partial charge in [0.1, 0.15) is 5.82 Å². The number of hydrogen-bond donors (Lipinski definition) is 1. The molecular formula is C25H26FN3OS. The lowest BCUT2D eigenvalue weighted by Gasteiger charge is -2.32. The van der Waals surface area contributed by atoms with Crippen LogP contribution in [0, 0.1) is 5.82 Å². The summed E-state index contributed by atoms with van der Waals surface area (Å²) in [6.45, 7) is 2.66. The Morgan fingerprint density at radius 3 is 2.45 bits per heavy atom. The van der Waals surface area contributed by atoms with Gasteiger partial charge in [-0.2, -0.15) is 0 Å². The van der Waals surface area contributed by atoms with Crippen LogP contribution in [0.4, 0.5) is 4.39 Å². The number of likely N-dealkylation sites (tertiary alicyclic amines) is 1. The summed E-state index contributed by atoms with van der Waals surface area (Å²) in [6, 6.07) is 18.7. The normalized spacial score (nSPS) is 15.0. The highest BCUT2D eigenvalue weighted by Crippen LogP contribution is 2.23. The number of carbonyl (C=O) groups excluding carboxylic acids is 1. The molecule has 1 aliphatic rings. The zero-order chi connectivity index (χ0) is 21.5. The number of aromatic nitrogens is 1. The summed E-state index contributed by atoms with van der Waals surface area (Å²) in [4.78, 5) is 20.3. The Morgan fingerprint density at radius 1 is 1.03 bits per heavy atom. The number of amides is 1. The first-order chi connectivity index (χ1) is 15.2. The first kappa shape index (κ1) is 21.5. The predicted octanol–water partition coefficient (Wildman–Crippen LogP) is 4.91. The van der Waals surface area contributed by atoms with E-state index in [9.17, 15) is 9.18 Å². The maximum absolute atomic E-state index is 13.1. The molecule has 1 aromatic heterocycles. The Bertz CT molecular complexity index is 972. The molecule has 4 nitrogen and oxygen atoms in total. The molecule has 3 aromatic rings. The predicted molar refractivity (Wildman–Crippen MR) is 122 cm³/mol. The van der Waals surface area contributed by atoms with Crippen LogP contribution in [0.15, 0.2) is 78.0 Å². The minimum absolute atomic E-state index is 0.0132. The molecule has 0 unspecified atom stereocenters. The molecule has 6 heteroatoms. The van der Waals surface area contributed by atoms with E-state index in [-0.39, 0.29) is 17.8 Å². The van der Waals surface area contributed by atoms with Crippen LogP contribution in [0.3, 0.4) is 0 Å². The number of nitrogens with one attached hydrogen (secondary N) is 1. The molecule has 0 atom stereocenters. The second kappa shape index (κ2) is 10.6. The van der Waals surface area contributed by atoms with E-state index >= 15 is 0 Å². The lowest BCUT2D eigenvalue weighted by molar-refractivity contribution is 0.0909. The third-order valence-corrected chi connectivity index (χ3v) is 6.57. The fraction of sp³-hybridized carbons (Fsp3) is 0.280. The number of piperidine rings is 1. The van der Waals surface area contributed by atoms with Gasteiger partial charge in [0.2, 0.25) is 0 Å². The third-order valence-electron chi connectivity index (χ3n) is 5.49. The van der Waals surface area contributed by atoms with Gasteiger partial charge in [-0.3, -0.25) is 14.7 Å². The average Bonchev–Trinajstić information content (AvgIpc) is 2.81. The molecule has 0 saturated carbocycles. The van der Waals surface area contributed by atoms with E-state index < -0.39 is 0 Å². The number of halogens is 1. The van der Waals surface area contributed by atoms with Crippen molar-refractivity contribution in [2.45, 2.75) is 36.1 Å². The Labute approximate surface area is 186 Å². The second-order valence-electron chi connectivity index (χ2n) is 7.82. The van der Waals surface area contributed by atoms with Gasteiger partial charge in [0, 0.05) is 54.3 Å². The van der Waals surface area contributed by atoms with Gasteiger partial charge in [-0.15, -0.1) is 11.8 Å². The number of thioether (sulfide) groups is 1. The summed E-state index contributed by atoms with van der Waals surface area (Å²) in [5.74, 6) is 0.640. The molecule has 0 spiro atoms. The van der Waals surface area contributed by atoms with E-state index in [0.29, 0.717) is 5.56 Å². The number of pyridine rings is 1. The minimum Gasteiger partial charge on any atom is -0.349 e. The van der Waals surface area contributed by atoms with Crippen molar-refractivity contribution in [3.05, 3.63) is 95.6 Å². The number of nitrogens with zero attached hydrogens (tertiary/aromatic N) is 2. The number of benzene rings is 2. The molecule has 31 heavy (non-hydrogen) atoms. The molecule has 0 aliphatic carbocycles. The highest BCUT2D eigenvalue weighted by atomic mass is 32.2. The lowest BCUT2D eigenvalue weighted by atomic mass is 10.0. The van der Waals surface area contributed by atoms with Crippen molar-refractivity contribution in [2.75, 3.05) is 13.1 Å². The number of rotatable bonds is 7. The van der Waals surface area contributed by atoms with Crippen molar-refractivity contribution >= 4 is 17.7 Å². The molecule has 0 radical (unpaired) electrons. The molecule has 2 heterocycles. The van der Waals surface area contributed by atoms with Crippen molar-refractivity contribution in [2.24, 2.45) is 0 Å². The summed E-state index contributed by atoms with van der Waals surface area (Å²) in [5.41, 5.74) is 2.99. The molecule has 0 bridgehead atoms. The first-order valence-corrected chi connectivity index (χ1v) is 11.5. The molecule has 1 fully saturated rings. The highest BCUT2D eigenvalue weighted by Gasteiger charge is 2.21. The van der Waals surface area contributed by atoms with Gasteiger partial charge in [-0.1, -0.05) is 18.2 Å². The second-order valence-corrected chi connectivity index (χ2v) is 8.87. The Hall–Kier alpha value is -2.70. The van der Waals surface area contributed by atoms with Crippen LogP contribution in [-0.2, 0) is 12.3 Å². The van der Waals surface area contributed by atoms with Gasteiger partial charge in [0.05, 0.1) is 0 Å². The van der Waals surface area contributed by atoms with Crippen LogP contribution in [-0.4, -0.2) is 34.9 Å². The first-order valence-electron chi connectivity index (χ1n) is 10.6. The minimum atomic E-state index is -0.203. The van der Waals surface area contributed by atoms with E-state index in [1.54, 1.807) is 18.0 Å². The lowest BCUT2D eigenvalue weighted by Crippen LogP contribution is -2.44. The molecular weight excluding hydrogens is 409 g/mol. The van der Waals surface area contributed by atoms with E-state index in [2.05, 4.69) is 21.3 Å². The molecule has 1 N–H and O–H groups in total. The quantitative estimate of drug-likeness (QED) is 0.536. The largest absolute Gasteiger partial charge is 0.349 e. The fourth-order valence-corrected chi connectivity index (χ4v) is 4.54. The van der Waals surface area contributed by atoms with Crippen LogP contribution >= 0.6 is 11.8 Å². The molecule has 1 saturated heterocycles. The molecule has 160 valence electrons. The van der Waals surface area contributed by atoms with Crippen molar-refractivity contribution in [1.29, 1.82) is 0 Å². The van der Waals surface area contributed by atoms with Crippen molar-refractivity contribution in [1.82, 2.24) is 15.2 Å². The van der Waals surface area contributed by atoms with E-state index in [1.165, 1.54) is 17.7 Å². The van der Waals surface area contributed by atoms with Crippen LogP contribution in [0.2, 0.25) is 0 Å².